The Labute approximate surface area is 292 Å². The van der Waals surface area contributed by atoms with E-state index in [1.54, 1.807) is 0 Å². The van der Waals surface area contributed by atoms with Crippen LogP contribution in [0, 0.1) is 0 Å². The molecule has 50 heavy (non-hydrogen) atoms. The highest BCUT2D eigenvalue weighted by atomic mass is 16.3. The van der Waals surface area contributed by atoms with E-state index in [9.17, 15) is 0 Å². The van der Waals surface area contributed by atoms with Crippen molar-refractivity contribution in [2.45, 2.75) is 25.0 Å². The van der Waals surface area contributed by atoms with Crippen LogP contribution < -0.4 is 0 Å². The molecule has 0 amide bonds. The van der Waals surface area contributed by atoms with Crippen molar-refractivity contribution in [3.8, 4) is 44.8 Å². The summed E-state index contributed by atoms with van der Waals surface area (Å²) in [6.07, 6.45) is 7.45. The van der Waals surface area contributed by atoms with Gasteiger partial charge in [0.05, 0.1) is 11.2 Å². The average Bonchev–Trinajstić information content (AvgIpc) is 3.48. The summed E-state index contributed by atoms with van der Waals surface area (Å²) in [5, 5.41) is 2.23. The van der Waals surface area contributed by atoms with Crippen molar-refractivity contribution in [2.24, 2.45) is 0 Å². The number of aryl methyl sites for hydroxylation is 1. The van der Waals surface area contributed by atoms with E-state index in [0.717, 1.165) is 69.6 Å². The first kappa shape index (κ1) is 29.0. The van der Waals surface area contributed by atoms with Crippen molar-refractivity contribution < 1.29 is 4.42 Å². The van der Waals surface area contributed by atoms with E-state index in [4.69, 9.17) is 14.4 Å². The van der Waals surface area contributed by atoms with Gasteiger partial charge in [-0.25, -0.2) is 9.97 Å². The molecule has 0 N–H and O–H groups in total. The Bertz CT molecular complexity index is 2600. The molecule has 1 atom stereocenters. The van der Waals surface area contributed by atoms with Crippen LogP contribution >= 0.6 is 0 Å². The zero-order valence-electron chi connectivity index (χ0n) is 27.5. The molecule has 1 unspecified atom stereocenters. The Balaban J connectivity index is 1.08. The molecule has 2 aliphatic rings. The van der Waals surface area contributed by atoms with Crippen LogP contribution in [0.15, 0.2) is 150 Å². The zero-order chi connectivity index (χ0) is 33.0. The lowest BCUT2D eigenvalue weighted by molar-refractivity contribution is 0.628. The van der Waals surface area contributed by atoms with Gasteiger partial charge in [0, 0.05) is 27.7 Å². The summed E-state index contributed by atoms with van der Waals surface area (Å²) >= 11 is 0. The van der Waals surface area contributed by atoms with E-state index in [0.29, 0.717) is 0 Å². The molecule has 0 saturated heterocycles. The van der Waals surface area contributed by atoms with Crippen molar-refractivity contribution in [3.05, 3.63) is 174 Å². The molecule has 0 fully saturated rings. The van der Waals surface area contributed by atoms with Gasteiger partial charge in [0.25, 0.3) is 0 Å². The van der Waals surface area contributed by atoms with E-state index < -0.39 is 0 Å². The molecule has 2 aromatic heterocycles. The summed E-state index contributed by atoms with van der Waals surface area (Å²) in [6, 6.07) is 49.7. The van der Waals surface area contributed by atoms with Gasteiger partial charge in [-0.3, -0.25) is 0 Å². The van der Waals surface area contributed by atoms with Gasteiger partial charge in [-0.1, -0.05) is 146 Å². The molecule has 0 saturated carbocycles. The number of hydrogen-bond donors (Lipinski definition) is 0. The minimum atomic E-state index is -0.111. The van der Waals surface area contributed by atoms with Crippen LogP contribution in [0.3, 0.4) is 0 Å². The number of para-hydroxylation sites is 1. The summed E-state index contributed by atoms with van der Waals surface area (Å²) in [4.78, 5) is 10.6. The van der Waals surface area contributed by atoms with Crippen molar-refractivity contribution in [1.82, 2.24) is 9.97 Å². The highest BCUT2D eigenvalue weighted by molar-refractivity contribution is 6.40. The maximum Gasteiger partial charge on any atom is 0.138 e. The quantitative estimate of drug-likeness (QED) is 0.180. The van der Waals surface area contributed by atoms with Gasteiger partial charge in [0.1, 0.15) is 24.4 Å². The van der Waals surface area contributed by atoms with Crippen LogP contribution in [0.2, 0.25) is 0 Å². The van der Waals surface area contributed by atoms with E-state index in [-0.39, 0.29) is 5.82 Å². The molecular formula is C46H32BN2O. The lowest BCUT2D eigenvalue weighted by Gasteiger charge is -2.18. The molecule has 1 aliphatic heterocycles. The molecule has 1 aliphatic carbocycles. The van der Waals surface area contributed by atoms with Crippen molar-refractivity contribution in [1.29, 1.82) is 0 Å². The summed E-state index contributed by atoms with van der Waals surface area (Å²) < 4.78 is 6.72. The van der Waals surface area contributed by atoms with Crippen molar-refractivity contribution >= 4 is 35.2 Å². The van der Waals surface area contributed by atoms with Crippen LogP contribution in [0.25, 0.3) is 72.8 Å². The first-order valence-electron chi connectivity index (χ1n) is 17.5. The van der Waals surface area contributed by atoms with E-state index in [1.165, 1.54) is 44.3 Å². The molecule has 10 rings (SSSR count). The minimum absolute atomic E-state index is 0.111. The number of rotatable bonds is 4. The molecule has 4 heteroatoms. The van der Waals surface area contributed by atoms with E-state index in [2.05, 4.69) is 159 Å². The maximum absolute atomic E-state index is 6.72. The highest BCUT2D eigenvalue weighted by Crippen LogP contribution is 2.45. The molecule has 235 valence electrons. The predicted molar refractivity (Wildman–Crippen MR) is 206 cm³/mol. The Morgan fingerprint density at radius 1 is 0.640 bits per heavy atom. The molecule has 0 bridgehead atoms. The van der Waals surface area contributed by atoms with Gasteiger partial charge in [-0.15, -0.1) is 0 Å². The summed E-state index contributed by atoms with van der Waals surface area (Å²) in [6.45, 7) is 0. The van der Waals surface area contributed by atoms with Crippen LogP contribution in [0.4, 0.5) is 0 Å². The third-order valence-corrected chi connectivity index (χ3v) is 10.4. The van der Waals surface area contributed by atoms with Crippen LogP contribution in [-0.4, -0.2) is 17.2 Å². The smallest absolute Gasteiger partial charge is 0.138 e. The third kappa shape index (κ3) is 4.82. The molecule has 8 aromatic rings. The third-order valence-electron chi connectivity index (χ3n) is 10.4. The van der Waals surface area contributed by atoms with Gasteiger partial charge < -0.3 is 4.42 Å². The van der Waals surface area contributed by atoms with Crippen molar-refractivity contribution in [2.75, 3.05) is 0 Å². The summed E-state index contributed by atoms with van der Waals surface area (Å²) in [7, 11) is 2.38. The molecule has 6 aromatic carbocycles. The summed E-state index contributed by atoms with van der Waals surface area (Å²) in [5.74, 6) is 1.63. The molecular weight excluding hydrogens is 607 g/mol. The first-order valence-corrected chi connectivity index (χ1v) is 17.5. The van der Waals surface area contributed by atoms with Crippen LogP contribution in [0.1, 0.15) is 40.3 Å². The Hall–Kier alpha value is -6.00. The fourth-order valence-corrected chi connectivity index (χ4v) is 7.95. The minimum Gasteiger partial charge on any atom is -0.456 e. The number of benzene rings is 6. The number of allylic oxidation sites excluding steroid dienone is 1. The number of fused-ring (bicyclic) bond motifs is 7. The number of aromatic nitrogens is 2. The Kier molecular flexibility index (Phi) is 6.87. The van der Waals surface area contributed by atoms with Crippen molar-refractivity contribution in [3.63, 3.8) is 0 Å². The van der Waals surface area contributed by atoms with E-state index in [1.807, 2.05) is 0 Å². The molecule has 1 radical (unpaired) electrons. The second-order valence-electron chi connectivity index (χ2n) is 13.3. The Morgan fingerprint density at radius 3 is 2.34 bits per heavy atom. The lowest BCUT2D eigenvalue weighted by atomic mass is 9.58. The zero-order valence-corrected chi connectivity index (χ0v) is 27.5. The monoisotopic (exact) mass is 639 g/mol. The van der Waals surface area contributed by atoms with Crippen LogP contribution in [-0.2, 0) is 12.7 Å². The number of nitrogens with zero attached hydrogens (tertiary/aromatic N) is 2. The second kappa shape index (κ2) is 11.9. The second-order valence-corrected chi connectivity index (χ2v) is 13.3. The average molecular weight is 640 g/mol. The summed E-state index contributed by atoms with van der Waals surface area (Å²) in [5.41, 5.74) is 15.0. The maximum atomic E-state index is 6.72. The van der Waals surface area contributed by atoms with Gasteiger partial charge in [-0.05, 0) is 69.5 Å². The number of hydrogen-bond acceptors (Lipinski definition) is 3. The van der Waals surface area contributed by atoms with Gasteiger partial charge >= 0.3 is 0 Å². The molecule has 3 heterocycles. The fourth-order valence-electron chi connectivity index (χ4n) is 7.95. The first-order chi connectivity index (χ1) is 24.8. The normalized spacial score (nSPS) is 14.8. The SMILES string of the molecule is [B]1Cc2c(oc3cccc(-c4ccccc4)c23)-c2ccccc2C1c1nc(-c2ccc(-c3ccc4c(c3)CCC=C4)cc2)c2ccccc2n1. The lowest BCUT2D eigenvalue weighted by Crippen LogP contribution is -2.15. The van der Waals surface area contributed by atoms with Crippen LogP contribution in [0.5, 0.6) is 0 Å². The molecule has 0 spiro atoms. The van der Waals surface area contributed by atoms with Gasteiger partial charge in [0.2, 0.25) is 0 Å². The predicted octanol–water partition coefficient (Wildman–Crippen LogP) is 11.3. The standard InChI is InChI=1S/C46H32BN2O/c1-2-12-31(13-3-1)35-18-10-20-41-42(35)39-28-47-43(36-15-6-7-16-37(36)45(39)50-41)46-48-40-19-9-8-17-38(40)44(49-46)32-24-21-30(22-25-32)34-26-23-29-11-4-5-14-33(29)27-34/h1-4,6-13,15-27,43H,5,14,28H2. The highest BCUT2D eigenvalue weighted by Gasteiger charge is 2.31. The Morgan fingerprint density at radius 2 is 1.42 bits per heavy atom. The fraction of sp³-hybridized carbons (Fsp3) is 0.0870. The number of furan rings is 1. The molecule has 3 nitrogen and oxygen atoms in total. The topological polar surface area (TPSA) is 38.9 Å². The van der Waals surface area contributed by atoms with Gasteiger partial charge in [-0.2, -0.15) is 0 Å². The largest absolute Gasteiger partial charge is 0.456 e. The van der Waals surface area contributed by atoms with E-state index >= 15 is 0 Å². The van der Waals surface area contributed by atoms with Gasteiger partial charge in [0.15, 0.2) is 0 Å².